The highest BCUT2D eigenvalue weighted by Gasteiger charge is 2.54. The molecule has 2 aliphatic heterocycles. The molecule has 2 saturated heterocycles. The first-order valence-electron chi connectivity index (χ1n) is 32.0. The summed E-state index contributed by atoms with van der Waals surface area (Å²) >= 11 is 2.47. The standard InChI is InChI=1S/C59H90N18O22S3/c1-22(2)70-35(82)20-102(7)12-8-10-66-52(90)30-18-101-56(73-30)31-19-100-36(72-31)9-11-67-53(91)38(26(6)80)75-51(89)24(4)40(83)25(5)71-55(93)39(76-54(92)37-23(3)48(62)77-50(74-37)28(13-34(61)81)68-14-27(60)49(63)88)45(29-15-65-21-69-29)97-58-47(43(86)41(84)32(16-78)96-58)98-57-44(87)46(99-59(64)94)42(85)33(17-79)95-57/h15,18-19,21-22,24-28,32-33,38-47,57-58,68,78-80,83-87H,8-14,16-17,20,60H2,1-7H3,(H14-,61,62,63,64,65,66,67,69,70,71,74,75,76,77,81,82,88,89,90,91,92,93,94)/p+1/t24?,25?,26?,27?,28?,32-,33+,38?,39?,40?,41-,42?,43-,44+,45?,46-,47?,57?,58+,102?/m1/s1. The van der Waals surface area contributed by atoms with Crippen molar-refractivity contribution in [2.45, 2.75) is 177 Å². The predicted molar refractivity (Wildman–Crippen MR) is 361 cm³/mol. The molecule has 2 aliphatic rings. The van der Waals surface area contributed by atoms with Gasteiger partial charge in [-0.15, -0.1) is 22.7 Å². The minimum atomic E-state index is -2.20. The molecule has 0 aliphatic carbocycles. The van der Waals surface area contributed by atoms with Crippen molar-refractivity contribution >= 4 is 92.7 Å². The van der Waals surface area contributed by atoms with Gasteiger partial charge in [0.15, 0.2) is 24.4 Å². The Morgan fingerprint density at radius 1 is 0.765 bits per heavy atom. The van der Waals surface area contributed by atoms with Crippen LogP contribution in [0.3, 0.4) is 0 Å². The van der Waals surface area contributed by atoms with Crippen molar-refractivity contribution in [2.24, 2.45) is 28.9 Å². The number of aromatic amines is 1. The van der Waals surface area contributed by atoms with Gasteiger partial charge < -0.3 is 135 Å². The molecule has 20 atom stereocenters. The third kappa shape index (κ3) is 22.8. The molecule has 0 aromatic carbocycles. The van der Waals surface area contributed by atoms with Crippen LogP contribution in [0.4, 0.5) is 10.6 Å². The van der Waals surface area contributed by atoms with Crippen molar-refractivity contribution in [1.82, 2.24) is 67.1 Å². The monoisotopic (exact) mass is 1500 g/mol. The van der Waals surface area contributed by atoms with E-state index in [0.717, 1.165) is 18.3 Å². The Hall–Kier alpha value is -7.83. The van der Waals surface area contributed by atoms with Gasteiger partial charge in [0.1, 0.15) is 100 Å². The Balaban J connectivity index is 1.21. The Morgan fingerprint density at radius 2 is 1.45 bits per heavy atom. The van der Waals surface area contributed by atoms with E-state index in [0.29, 0.717) is 34.4 Å². The normalized spacial score (nSPS) is 23.5. The van der Waals surface area contributed by atoms with Gasteiger partial charge in [-0.2, -0.15) is 0 Å². The van der Waals surface area contributed by atoms with Gasteiger partial charge >= 0.3 is 6.09 Å². The highest BCUT2D eigenvalue weighted by atomic mass is 32.2. The summed E-state index contributed by atoms with van der Waals surface area (Å²) in [4.78, 5) is 143. The second kappa shape index (κ2) is 38.6. The zero-order chi connectivity index (χ0) is 75.6. The van der Waals surface area contributed by atoms with E-state index in [1.165, 1.54) is 50.4 Å². The number of nitrogens with one attached hydrogen (secondary N) is 8. The number of thiazole rings is 2. The lowest BCUT2D eigenvalue weighted by atomic mass is 9.96. The summed E-state index contributed by atoms with van der Waals surface area (Å²) in [6, 6.07) is -7.85. The van der Waals surface area contributed by atoms with Crippen LogP contribution in [-0.2, 0) is 69.8 Å². The average Bonchev–Trinajstić information content (AvgIpc) is 0.828. The molecule has 0 spiro atoms. The molecule has 40 nitrogen and oxygen atoms in total. The lowest BCUT2D eigenvalue weighted by Gasteiger charge is -2.47. The fraction of sp³-hybridized carbons (Fsp3) is 0.627. The van der Waals surface area contributed by atoms with E-state index in [2.05, 4.69) is 67.1 Å². The first-order valence-corrected chi connectivity index (χ1v) is 35.7. The molecule has 0 bridgehead atoms. The van der Waals surface area contributed by atoms with Crippen LogP contribution in [0, 0.1) is 12.8 Å². The summed E-state index contributed by atoms with van der Waals surface area (Å²) < 4.78 is 28.8. The van der Waals surface area contributed by atoms with Crippen LogP contribution in [-0.4, -0.2) is 279 Å². The third-order valence-electron chi connectivity index (χ3n) is 16.0. The number of aliphatic hydroxyl groups is 8. The summed E-state index contributed by atoms with van der Waals surface area (Å²) in [6.45, 7) is 6.77. The first kappa shape index (κ1) is 83.1. The van der Waals surface area contributed by atoms with Gasteiger partial charge in [0, 0.05) is 61.3 Å². The number of rotatable bonds is 38. The molecular weight excluding hydrogens is 1410 g/mol. The van der Waals surface area contributed by atoms with Crippen molar-refractivity contribution in [1.29, 1.82) is 0 Å². The van der Waals surface area contributed by atoms with Crippen LogP contribution in [0.25, 0.3) is 10.7 Å². The molecular formula is C59H91N18O22S3+. The molecule has 566 valence electrons. The summed E-state index contributed by atoms with van der Waals surface area (Å²) in [7, 11) is -0.159. The number of hydrogen-bond acceptors (Lipinski definition) is 32. The van der Waals surface area contributed by atoms with Gasteiger partial charge in [0.05, 0.1) is 78.9 Å². The maximum absolute atomic E-state index is 15.2. The van der Waals surface area contributed by atoms with Crippen molar-refractivity contribution in [3.63, 3.8) is 0 Å². The van der Waals surface area contributed by atoms with Crippen molar-refractivity contribution in [2.75, 3.05) is 56.3 Å². The largest absolute Gasteiger partial charge is 0.441 e. The van der Waals surface area contributed by atoms with Gasteiger partial charge in [-0.1, -0.05) is 6.92 Å². The number of H-pyrrole nitrogens is 1. The first-order chi connectivity index (χ1) is 48.1. The summed E-state index contributed by atoms with van der Waals surface area (Å²) in [5.41, 5.74) is 28.0. The van der Waals surface area contributed by atoms with Crippen LogP contribution in [0.5, 0.6) is 0 Å². The number of anilines is 1. The van der Waals surface area contributed by atoms with Crippen LogP contribution in [0.15, 0.2) is 23.3 Å². The number of aromatic nitrogens is 6. The van der Waals surface area contributed by atoms with Crippen molar-refractivity contribution < 1.29 is 108 Å². The SMILES string of the molecule is Cc1c(N)nc(C(CC(N)=O)NCC(N)C(N)=O)nc1C(=O)NC(C(=O)NC(C)C(O)C(C)C(=O)NC(C(=O)NCCc1nc(-c2nc(C(=O)NCCC[S+](C)CC(=O)NC(C)C)cs2)cs1)C(C)O)C(O[C@@H]1O[C@H](CO)[C@@H](O)[C@@H](O)C1OC1O[C@@H](CO)C(O)[C@@H](OC(N)=O)[C@@H]1O)c1cnc[nH]1. The lowest BCUT2D eigenvalue weighted by molar-refractivity contribution is -0.372. The highest BCUT2D eigenvalue weighted by molar-refractivity contribution is 7.96. The number of carbonyl (C=O) groups is 9. The predicted octanol–water partition coefficient (Wildman–Crippen LogP) is -7.81. The number of amides is 9. The summed E-state index contributed by atoms with van der Waals surface area (Å²) in [5.74, 6) is -7.66. The van der Waals surface area contributed by atoms with Gasteiger partial charge in [-0.05, 0) is 45.5 Å². The van der Waals surface area contributed by atoms with E-state index in [1.54, 1.807) is 10.8 Å². The topological polar surface area (TPSA) is 656 Å². The summed E-state index contributed by atoms with van der Waals surface area (Å²) in [6.07, 6.45) is -22.6. The molecule has 2 fully saturated rings. The van der Waals surface area contributed by atoms with E-state index in [-0.39, 0.29) is 76.9 Å². The molecule has 102 heavy (non-hydrogen) atoms. The van der Waals surface area contributed by atoms with Gasteiger partial charge in [-0.25, -0.2) is 29.7 Å². The lowest BCUT2D eigenvalue weighted by Crippen LogP contribution is -2.65. The Bertz CT molecular complexity index is 3490. The number of ether oxygens (including phenoxy) is 5. The second-order valence-corrected chi connectivity index (χ2v) is 28.5. The molecule has 6 heterocycles. The number of carbonyl (C=O) groups excluding carboxylic acids is 9. The van der Waals surface area contributed by atoms with Crippen molar-refractivity contribution in [3.8, 4) is 10.7 Å². The number of nitrogen functional groups attached to an aromatic ring is 1. The molecule has 13 unspecified atom stereocenters. The van der Waals surface area contributed by atoms with Crippen LogP contribution >= 0.6 is 22.7 Å². The van der Waals surface area contributed by atoms with E-state index in [9.17, 15) is 79.2 Å². The Morgan fingerprint density at radius 3 is 2.08 bits per heavy atom. The fourth-order valence-electron chi connectivity index (χ4n) is 10.4. The second-order valence-electron chi connectivity index (χ2n) is 24.5. The number of nitrogens with zero attached hydrogens (tertiary/aromatic N) is 5. The van der Waals surface area contributed by atoms with E-state index in [4.69, 9.17) is 52.4 Å². The molecule has 26 N–H and O–H groups in total. The molecule has 43 heteroatoms. The molecule has 4 aromatic heterocycles. The van der Waals surface area contributed by atoms with Crippen LogP contribution in [0.1, 0.15) is 103 Å². The maximum atomic E-state index is 15.2. The number of imidazole rings is 1. The quantitative estimate of drug-likeness (QED) is 0.0146. The van der Waals surface area contributed by atoms with E-state index in [1.807, 2.05) is 20.1 Å². The third-order valence-corrected chi connectivity index (χ3v) is 19.6. The average molecular weight is 1500 g/mol. The molecule has 4 aromatic rings. The number of hydrogen-bond donors (Lipinski definition) is 21. The highest BCUT2D eigenvalue weighted by Crippen LogP contribution is 2.35. The molecule has 9 amide bonds. The van der Waals surface area contributed by atoms with Crippen LogP contribution < -0.4 is 65.9 Å². The molecule has 6 rings (SSSR count). The minimum Gasteiger partial charge on any atom is -0.441 e. The number of aliphatic hydroxyl groups excluding tert-OH is 8. The zero-order valence-corrected chi connectivity index (χ0v) is 59.0. The zero-order valence-electron chi connectivity index (χ0n) is 56.6. The van der Waals surface area contributed by atoms with Crippen molar-refractivity contribution in [3.05, 3.63) is 56.8 Å². The number of nitrogens with two attached hydrogens (primary N) is 5. The maximum Gasteiger partial charge on any atom is 0.404 e. The van der Waals surface area contributed by atoms with Gasteiger partial charge in [0.2, 0.25) is 29.5 Å². The van der Waals surface area contributed by atoms with Gasteiger partial charge in [-0.3, -0.25) is 38.4 Å². The fourth-order valence-corrected chi connectivity index (χ4v) is 13.3. The minimum absolute atomic E-state index is 0.0121. The Labute approximate surface area is 594 Å². The van der Waals surface area contributed by atoms with E-state index < -0.39 is 183 Å². The molecule has 0 radical (unpaired) electrons. The van der Waals surface area contributed by atoms with Gasteiger partial charge in [0.25, 0.3) is 17.7 Å². The van der Waals surface area contributed by atoms with Crippen LogP contribution in [0.2, 0.25) is 0 Å². The summed E-state index contributed by atoms with van der Waals surface area (Å²) in [5, 5.41) is 111. The Kier molecular flexibility index (Phi) is 31.5. The van der Waals surface area contributed by atoms with E-state index >= 15 is 4.79 Å². The molecule has 0 saturated carbocycles. The smallest absolute Gasteiger partial charge is 0.404 e. The number of primary amides is 3.